The normalized spacial score (nSPS) is 18.8. The molecule has 1 aliphatic rings. The Morgan fingerprint density at radius 3 is 3.00 bits per heavy atom. The van der Waals surface area contributed by atoms with E-state index in [0.717, 1.165) is 23.4 Å². The molecule has 0 saturated heterocycles. The first-order valence-corrected chi connectivity index (χ1v) is 8.17. The first kappa shape index (κ1) is 15.5. The molecule has 0 unspecified atom stereocenters. The maximum atomic E-state index is 13.3. The standard InChI is InChI=1S/C19H17FN4O/c20-15-3-1-2-14(9-15)16-10-17(16)19(25)23-11-13-4-5-22-18(8-13)24-7-6-21-12-24/h1-9,12,16-17H,10-11H2,(H,23,25)/t16-,17-/m0/s1. The fraction of sp³-hybridized carbons (Fsp3) is 0.211. The van der Waals surface area contributed by atoms with Gasteiger partial charge in [0.2, 0.25) is 5.91 Å². The Bertz CT molecular complexity index is 894. The van der Waals surface area contributed by atoms with E-state index >= 15 is 0 Å². The second-order valence-corrected chi connectivity index (χ2v) is 6.21. The summed E-state index contributed by atoms with van der Waals surface area (Å²) < 4.78 is 15.1. The van der Waals surface area contributed by atoms with Crippen molar-refractivity contribution in [1.29, 1.82) is 0 Å². The van der Waals surface area contributed by atoms with Crippen LogP contribution in [0.1, 0.15) is 23.5 Å². The van der Waals surface area contributed by atoms with Crippen LogP contribution in [0.3, 0.4) is 0 Å². The number of carbonyl (C=O) groups is 1. The zero-order valence-electron chi connectivity index (χ0n) is 13.5. The molecule has 1 aromatic carbocycles. The van der Waals surface area contributed by atoms with Crippen LogP contribution in [0.15, 0.2) is 61.3 Å². The molecule has 1 saturated carbocycles. The number of nitrogens with one attached hydrogen (secondary N) is 1. The van der Waals surface area contributed by atoms with Gasteiger partial charge in [0.15, 0.2) is 0 Å². The topological polar surface area (TPSA) is 59.8 Å². The Hall–Kier alpha value is -3.02. The van der Waals surface area contributed by atoms with E-state index < -0.39 is 0 Å². The van der Waals surface area contributed by atoms with Crippen molar-refractivity contribution in [2.24, 2.45) is 5.92 Å². The molecule has 6 heteroatoms. The van der Waals surface area contributed by atoms with Crippen molar-refractivity contribution in [2.45, 2.75) is 18.9 Å². The number of carbonyl (C=O) groups excluding carboxylic acids is 1. The molecular weight excluding hydrogens is 319 g/mol. The Kier molecular flexibility index (Phi) is 4.01. The summed E-state index contributed by atoms with van der Waals surface area (Å²) in [6.45, 7) is 0.440. The van der Waals surface area contributed by atoms with Crippen LogP contribution in [0.25, 0.3) is 5.82 Å². The largest absolute Gasteiger partial charge is 0.352 e. The Morgan fingerprint density at radius 2 is 2.20 bits per heavy atom. The minimum atomic E-state index is -0.257. The lowest BCUT2D eigenvalue weighted by atomic mass is 10.1. The Morgan fingerprint density at radius 1 is 1.28 bits per heavy atom. The molecule has 0 aliphatic heterocycles. The minimum Gasteiger partial charge on any atom is -0.352 e. The first-order valence-electron chi connectivity index (χ1n) is 8.17. The first-order chi connectivity index (χ1) is 12.2. The third kappa shape index (κ3) is 3.42. The highest BCUT2D eigenvalue weighted by molar-refractivity contribution is 5.82. The summed E-state index contributed by atoms with van der Waals surface area (Å²) in [7, 11) is 0. The number of amides is 1. The minimum absolute atomic E-state index is 0.00949. The number of hydrogen-bond acceptors (Lipinski definition) is 3. The number of rotatable bonds is 5. The number of imidazole rings is 1. The van der Waals surface area contributed by atoms with Gasteiger partial charge in [-0.05, 0) is 47.7 Å². The highest BCUT2D eigenvalue weighted by Crippen LogP contribution is 2.47. The van der Waals surface area contributed by atoms with Crippen LogP contribution in [-0.4, -0.2) is 20.4 Å². The molecule has 1 N–H and O–H groups in total. The fourth-order valence-corrected chi connectivity index (χ4v) is 3.02. The SMILES string of the molecule is O=C(NCc1ccnc(-n2ccnc2)c1)[C@H]1C[C@H]1c1cccc(F)c1. The van der Waals surface area contributed by atoms with E-state index in [1.807, 2.05) is 29.0 Å². The van der Waals surface area contributed by atoms with Crippen LogP contribution in [-0.2, 0) is 11.3 Å². The quantitative estimate of drug-likeness (QED) is 0.779. The maximum absolute atomic E-state index is 13.3. The van der Waals surface area contributed by atoms with E-state index in [1.54, 1.807) is 24.8 Å². The highest BCUT2D eigenvalue weighted by atomic mass is 19.1. The van der Waals surface area contributed by atoms with E-state index in [9.17, 15) is 9.18 Å². The lowest BCUT2D eigenvalue weighted by Gasteiger charge is -2.07. The second-order valence-electron chi connectivity index (χ2n) is 6.21. The Labute approximate surface area is 144 Å². The van der Waals surface area contributed by atoms with Crippen molar-refractivity contribution in [3.8, 4) is 5.82 Å². The molecule has 126 valence electrons. The van der Waals surface area contributed by atoms with Gasteiger partial charge in [0.1, 0.15) is 18.0 Å². The van der Waals surface area contributed by atoms with Gasteiger partial charge in [0.25, 0.3) is 0 Å². The fourth-order valence-electron chi connectivity index (χ4n) is 3.02. The van der Waals surface area contributed by atoms with Gasteiger partial charge in [0, 0.05) is 31.1 Å². The predicted octanol–water partition coefficient (Wildman–Crippen LogP) is 2.83. The van der Waals surface area contributed by atoms with Crippen LogP contribution in [0.5, 0.6) is 0 Å². The summed E-state index contributed by atoms with van der Waals surface area (Å²) in [5.74, 6) is 0.558. The monoisotopic (exact) mass is 336 g/mol. The van der Waals surface area contributed by atoms with Gasteiger partial charge in [0.05, 0.1) is 0 Å². The van der Waals surface area contributed by atoms with Crippen LogP contribution in [0, 0.1) is 11.7 Å². The van der Waals surface area contributed by atoms with Gasteiger partial charge in [-0.25, -0.2) is 14.4 Å². The average Bonchev–Trinajstić information content (AvgIpc) is 3.25. The smallest absolute Gasteiger partial charge is 0.224 e. The number of hydrogen-bond donors (Lipinski definition) is 1. The second kappa shape index (κ2) is 6.47. The van der Waals surface area contributed by atoms with Gasteiger partial charge in [-0.2, -0.15) is 0 Å². The van der Waals surface area contributed by atoms with Crippen molar-refractivity contribution in [3.05, 3.63) is 78.3 Å². The molecule has 2 aromatic heterocycles. The number of aromatic nitrogens is 3. The molecule has 2 heterocycles. The molecule has 0 spiro atoms. The molecule has 2 atom stereocenters. The molecule has 4 rings (SSSR count). The maximum Gasteiger partial charge on any atom is 0.224 e. The molecular formula is C19H17FN4O. The van der Waals surface area contributed by atoms with E-state index in [2.05, 4.69) is 15.3 Å². The van der Waals surface area contributed by atoms with Crippen LogP contribution < -0.4 is 5.32 Å². The van der Waals surface area contributed by atoms with Crippen molar-refractivity contribution < 1.29 is 9.18 Å². The van der Waals surface area contributed by atoms with Gasteiger partial charge in [-0.3, -0.25) is 9.36 Å². The molecule has 0 bridgehead atoms. The average molecular weight is 336 g/mol. The zero-order chi connectivity index (χ0) is 17.2. The van der Waals surface area contributed by atoms with Gasteiger partial charge >= 0.3 is 0 Å². The summed E-state index contributed by atoms with van der Waals surface area (Å²) in [4.78, 5) is 20.6. The number of benzene rings is 1. The van der Waals surface area contributed by atoms with Crippen LogP contribution in [0.4, 0.5) is 4.39 Å². The number of pyridine rings is 1. The van der Waals surface area contributed by atoms with E-state index in [-0.39, 0.29) is 23.6 Å². The van der Waals surface area contributed by atoms with Gasteiger partial charge < -0.3 is 5.32 Å². The lowest BCUT2D eigenvalue weighted by Crippen LogP contribution is -2.25. The summed E-state index contributed by atoms with van der Waals surface area (Å²) in [5, 5.41) is 2.96. The third-order valence-electron chi connectivity index (χ3n) is 4.45. The van der Waals surface area contributed by atoms with Gasteiger partial charge in [-0.1, -0.05) is 12.1 Å². The molecule has 0 radical (unpaired) electrons. The van der Waals surface area contributed by atoms with E-state index in [1.165, 1.54) is 12.1 Å². The van der Waals surface area contributed by atoms with Crippen LogP contribution >= 0.6 is 0 Å². The molecule has 1 aliphatic carbocycles. The molecule has 3 aromatic rings. The number of halogens is 1. The van der Waals surface area contributed by atoms with Crippen molar-refractivity contribution in [2.75, 3.05) is 0 Å². The Balaban J connectivity index is 1.36. The van der Waals surface area contributed by atoms with Crippen molar-refractivity contribution in [1.82, 2.24) is 19.9 Å². The van der Waals surface area contributed by atoms with Crippen molar-refractivity contribution in [3.63, 3.8) is 0 Å². The highest BCUT2D eigenvalue weighted by Gasteiger charge is 2.43. The molecule has 25 heavy (non-hydrogen) atoms. The summed E-state index contributed by atoms with van der Waals surface area (Å²) >= 11 is 0. The van der Waals surface area contributed by atoms with E-state index in [0.29, 0.717) is 6.54 Å². The van der Waals surface area contributed by atoms with Crippen molar-refractivity contribution >= 4 is 5.91 Å². The summed E-state index contributed by atoms with van der Waals surface area (Å²) in [6.07, 6.45) is 7.67. The summed E-state index contributed by atoms with van der Waals surface area (Å²) in [6, 6.07) is 10.3. The molecule has 1 amide bonds. The lowest BCUT2D eigenvalue weighted by molar-refractivity contribution is -0.122. The molecule has 5 nitrogen and oxygen atoms in total. The third-order valence-corrected chi connectivity index (χ3v) is 4.45. The van der Waals surface area contributed by atoms with Gasteiger partial charge in [-0.15, -0.1) is 0 Å². The number of nitrogens with zero attached hydrogens (tertiary/aromatic N) is 3. The predicted molar refractivity (Wildman–Crippen MR) is 90.5 cm³/mol. The zero-order valence-corrected chi connectivity index (χ0v) is 13.5. The summed E-state index contributed by atoms with van der Waals surface area (Å²) in [5.41, 5.74) is 1.86. The van der Waals surface area contributed by atoms with E-state index in [4.69, 9.17) is 0 Å². The molecule has 1 fully saturated rings. The van der Waals surface area contributed by atoms with Crippen LogP contribution in [0.2, 0.25) is 0 Å².